The lowest BCUT2D eigenvalue weighted by Gasteiger charge is -2.25. The van der Waals surface area contributed by atoms with Crippen LogP contribution in [0.1, 0.15) is 33.1 Å². The number of halogens is 1. The number of hydrogen-bond donors (Lipinski definition) is 0. The van der Waals surface area contributed by atoms with Crippen LogP contribution in [-0.2, 0) is 4.79 Å². The Morgan fingerprint density at radius 2 is 2.21 bits per heavy atom. The molecule has 0 N–H and O–H groups in total. The lowest BCUT2D eigenvalue weighted by Crippen LogP contribution is -2.38. The summed E-state index contributed by atoms with van der Waals surface area (Å²) >= 11 is 5.67. The standard InChI is InChI=1S/C11H20ClNO/c1-3-13(8-7-12)11(14)10-6-4-5-9(10)2/h9-10H,3-8H2,1-2H3. The Morgan fingerprint density at radius 3 is 2.64 bits per heavy atom. The number of carbonyl (C=O) groups is 1. The first-order valence-corrected chi connectivity index (χ1v) is 6.08. The molecule has 0 heterocycles. The summed E-state index contributed by atoms with van der Waals surface area (Å²) in [6.45, 7) is 5.68. The maximum atomic E-state index is 12.0. The van der Waals surface area contributed by atoms with E-state index >= 15 is 0 Å². The average molecular weight is 218 g/mol. The molecular weight excluding hydrogens is 198 g/mol. The summed E-state index contributed by atoms with van der Waals surface area (Å²) in [6, 6.07) is 0. The largest absolute Gasteiger partial charge is 0.342 e. The second kappa shape index (κ2) is 5.59. The quantitative estimate of drug-likeness (QED) is 0.663. The molecule has 82 valence electrons. The van der Waals surface area contributed by atoms with Crippen LogP contribution in [0.5, 0.6) is 0 Å². The fraction of sp³-hybridized carbons (Fsp3) is 0.909. The Kier molecular flexibility index (Phi) is 4.73. The van der Waals surface area contributed by atoms with Crippen LogP contribution in [0.15, 0.2) is 0 Å². The van der Waals surface area contributed by atoms with Gasteiger partial charge in [0.2, 0.25) is 5.91 Å². The molecule has 0 bridgehead atoms. The molecule has 3 heteroatoms. The monoisotopic (exact) mass is 217 g/mol. The molecule has 2 unspecified atom stereocenters. The van der Waals surface area contributed by atoms with Gasteiger partial charge in [0.1, 0.15) is 0 Å². The normalized spacial score (nSPS) is 26.5. The summed E-state index contributed by atoms with van der Waals surface area (Å²) in [5, 5.41) is 0. The van der Waals surface area contributed by atoms with Crippen LogP contribution in [0.25, 0.3) is 0 Å². The molecule has 0 aromatic carbocycles. The van der Waals surface area contributed by atoms with E-state index in [0.717, 1.165) is 13.0 Å². The van der Waals surface area contributed by atoms with Crippen LogP contribution in [0, 0.1) is 11.8 Å². The molecule has 1 aliphatic carbocycles. The predicted molar refractivity (Wildman–Crippen MR) is 59.5 cm³/mol. The van der Waals surface area contributed by atoms with Gasteiger partial charge in [-0.25, -0.2) is 0 Å². The van der Waals surface area contributed by atoms with E-state index in [2.05, 4.69) is 6.92 Å². The Hall–Kier alpha value is -0.240. The molecule has 2 atom stereocenters. The zero-order valence-corrected chi connectivity index (χ0v) is 9.89. The summed E-state index contributed by atoms with van der Waals surface area (Å²) in [5.74, 6) is 1.68. The predicted octanol–water partition coefficient (Wildman–Crippen LogP) is 2.51. The van der Waals surface area contributed by atoms with Crippen molar-refractivity contribution in [3.05, 3.63) is 0 Å². The minimum Gasteiger partial charge on any atom is -0.342 e. The summed E-state index contributed by atoms with van der Waals surface area (Å²) in [6.07, 6.45) is 3.48. The van der Waals surface area contributed by atoms with Gasteiger partial charge in [-0.2, -0.15) is 0 Å². The van der Waals surface area contributed by atoms with Crippen LogP contribution in [0.3, 0.4) is 0 Å². The number of alkyl halides is 1. The Bertz CT molecular complexity index is 196. The first-order valence-electron chi connectivity index (χ1n) is 5.55. The molecule has 0 saturated heterocycles. The highest BCUT2D eigenvalue weighted by molar-refractivity contribution is 6.18. The van der Waals surface area contributed by atoms with Crippen molar-refractivity contribution in [1.29, 1.82) is 0 Å². The molecule has 0 aromatic heterocycles. The summed E-state index contributed by atoms with van der Waals surface area (Å²) in [7, 11) is 0. The smallest absolute Gasteiger partial charge is 0.225 e. The minimum absolute atomic E-state index is 0.262. The molecule has 1 aliphatic rings. The summed E-state index contributed by atoms with van der Waals surface area (Å²) < 4.78 is 0. The van der Waals surface area contributed by atoms with E-state index in [1.54, 1.807) is 0 Å². The average Bonchev–Trinajstić information content (AvgIpc) is 2.59. The van der Waals surface area contributed by atoms with Crippen molar-refractivity contribution in [3.63, 3.8) is 0 Å². The molecule has 0 aromatic rings. The first-order chi connectivity index (χ1) is 6.70. The Morgan fingerprint density at radius 1 is 1.50 bits per heavy atom. The number of rotatable bonds is 4. The zero-order valence-electron chi connectivity index (χ0n) is 9.13. The second-order valence-electron chi connectivity index (χ2n) is 4.12. The molecule has 1 fully saturated rings. The van der Waals surface area contributed by atoms with E-state index in [1.165, 1.54) is 12.8 Å². The second-order valence-corrected chi connectivity index (χ2v) is 4.50. The number of nitrogens with zero attached hydrogens (tertiary/aromatic N) is 1. The van der Waals surface area contributed by atoms with Gasteiger partial charge in [0, 0.05) is 24.9 Å². The van der Waals surface area contributed by atoms with Crippen molar-refractivity contribution in [2.45, 2.75) is 33.1 Å². The van der Waals surface area contributed by atoms with Crippen LogP contribution >= 0.6 is 11.6 Å². The van der Waals surface area contributed by atoms with Crippen molar-refractivity contribution in [3.8, 4) is 0 Å². The van der Waals surface area contributed by atoms with Gasteiger partial charge in [-0.05, 0) is 25.7 Å². The fourth-order valence-electron chi connectivity index (χ4n) is 2.27. The van der Waals surface area contributed by atoms with Gasteiger partial charge < -0.3 is 4.90 Å². The Labute approximate surface area is 91.6 Å². The van der Waals surface area contributed by atoms with Gasteiger partial charge in [0.05, 0.1) is 0 Å². The molecule has 1 saturated carbocycles. The molecule has 0 radical (unpaired) electrons. The van der Waals surface area contributed by atoms with Crippen LogP contribution in [0.4, 0.5) is 0 Å². The number of carbonyl (C=O) groups excluding carboxylic acids is 1. The number of hydrogen-bond acceptors (Lipinski definition) is 1. The highest BCUT2D eigenvalue weighted by Crippen LogP contribution is 2.32. The van der Waals surface area contributed by atoms with Gasteiger partial charge in [-0.15, -0.1) is 11.6 Å². The highest BCUT2D eigenvalue weighted by atomic mass is 35.5. The molecule has 0 spiro atoms. The third-order valence-electron chi connectivity index (χ3n) is 3.23. The van der Waals surface area contributed by atoms with E-state index in [4.69, 9.17) is 11.6 Å². The molecule has 2 nitrogen and oxygen atoms in total. The van der Waals surface area contributed by atoms with Gasteiger partial charge in [-0.3, -0.25) is 4.79 Å². The molecule has 0 aliphatic heterocycles. The van der Waals surface area contributed by atoms with Gasteiger partial charge >= 0.3 is 0 Å². The SMILES string of the molecule is CCN(CCCl)C(=O)C1CCCC1C. The van der Waals surface area contributed by atoms with Gasteiger partial charge in [-0.1, -0.05) is 13.3 Å². The van der Waals surface area contributed by atoms with Crippen molar-refractivity contribution in [2.24, 2.45) is 11.8 Å². The van der Waals surface area contributed by atoms with Crippen molar-refractivity contribution in [1.82, 2.24) is 4.90 Å². The third-order valence-corrected chi connectivity index (χ3v) is 3.40. The van der Waals surface area contributed by atoms with Gasteiger partial charge in [0.25, 0.3) is 0 Å². The lowest BCUT2D eigenvalue weighted by molar-refractivity contribution is -0.136. The highest BCUT2D eigenvalue weighted by Gasteiger charge is 2.31. The van der Waals surface area contributed by atoms with E-state index in [9.17, 15) is 4.79 Å². The van der Waals surface area contributed by atoms with E-state index in [1.807, 2.05) is 11.8 Å². The first kappa shape index (κ1) is 11.8. The van der Waals surface area contributed by atoms with Crippen LogP contribution in [-0.4, -0.2) is 29.8 Å². The zero-order chi connectivity index (χ0) is 10.6. The molecule has 1 rings (SSSR count). The molecule has 1 amide bonds. The molecule has 14 heavy (non-hydrogen) atoms. The Balaban J connectivity index is 2.52. The van der Waals surface area contributed by atoms with Crippen molar-refractivity contribution >= 4 is 17.5 Å². The summed E-state index contributed by atoms with van der Waals surface area (Å²) in [4.78, 5) is 13.9. The molecular formula is C11H20ClNO. The van der Waals surface area contributed by atoms with Crippen LogP contribution in [0.2, 0.25) is 0 Å². The van der Waals surface area contributed by atoms with E-state index < -0.39 is 0 Å². The van der Waals surface area contributed by atoms with Gasteiger partial charge in [0.15, 0.2) is 0 Å². The van der Waals surface area contributed by atoms with E-state index in [0.29, 0.717) is 24.2 Å². The minimum atomic E-state index is 0.262. The number of amides is 1. The maximum absolute atomic E-state index is 12.0. The van der Waals surface area contributed by atoms with Crippen LogP contribution < -0.4 is 0 Å². The topological polar surface area (TPSA) is 20.3 Å². The lowest BCUT2D eigenvalue weighted by atomic mass is 9.96. The third kappa shape index (κ3) is 2.63. The fourth-order valence-corrected chi connectivity index (χ4v) is 2.48. The summed E-state index contributed by atoms with van der Waals surface area (Å²) in [5.41, 5.74) is 0. The van der Waals surface area contributed by atoms with Crippen molar-refractivity contribution in [2.75, 3.05) is 19.0 Å². The van der Waals surface area contributed by atoms with E-state index in [-0.39, 0.29) is 5.92 Å². The maximum Gasteiger partial charge on any atom is 0.225 e. The van der Waals surface area contributed by atoms with Crippen molar-refractivity contribution < 1.29 is 4.79 Å².